The lowest BCUT2D eigenvalue weighted by Gasteiger charge is -2.07. The van der Waals surface area contributed by atoms with Crippen molar-refractivity contribution < 1.29 is 0 Å². The second kappa shape index (κ2) is 6.25. The highest BCUT2D eigenvalue weighted by molar-refractivity contribution is 5.82. The van der Waals surface area contributed by atoms with Crippen molar-refractivity contribution in [1.29, 1.82) is 0 Å². The molecule has 4 nitrogen and oxygen atoms in total. The van der Waals surface area contributed by atoms with Gasteiger partial charge < -0.3 is 4.98 Å². The minimum absolute atomic E-state index is 0.758. The molecule has 0 radical (unpaired) electrons. The van der Waals surface area contributed by atoms with E-state index in [2.05, 4.69) is 51.8 Å². The number of fused-ring (bicyclic) bond motifs is 1. The van der Waals surface area contributed by atoms with E-state index in [1.54, 1.807) is 0 Å². The van der Waals surface area contributed by atoms with Crippen LogP contribution in [0, 0.1) is 6.92 Å². The summed E-state index contributed by atoms with van der Waals surface area (Å²) < 4.78 is 2.15. The highest BCUT2D eigenvalue weighted by atomic mass is 15.1. The van der Waals surface area contributed by atoms with Gasteiger partial charge in [-0.2, -0.15) is 0 Å². The Bertz CT molecular complexity index is 1230. The van der Waals surface area contributed by atoms with Crippen LogP contribution in [0.15, 0.2) is 85.1 Å². The molecule has 3 aromatic carbocycles. The summed E-state index contributed by atoms with van der Waals surface area (Å²) in [5, 5.41) is 0. The van der Waals surface area contributed by atoms with Crippen LogP contribution in [0.4, 0.5) is 0 Å². The normalized spacial score (nSPS) is 11.1. The zero-order chi connectivity index (χ0) is 18.2. The molecule has 0 unspecified atom stereocenters. The Kier molecular flexibility index (Phi) is 3.61. The third-order valence-corrected chi connectivity index (χ3v) is 4.80. The number of aryl methyl sites for hydroxylation is 1. The van der Waals surface area contributed by atoms with Gasteiger partial charge >= 0.3 is 0 Å². The zero-order valence-corrected chi connectivity index (χ0v) is 14.9. The number of hydrogen-bond acceptors (Lipinski definition) is 2. The quantitative estimate of drug-likeness (QED) is 0.474. The van der Waals surface area contributed by atoms with Crippen molar-refractivity contribution in [3.63, 3.8) is 0 Å². The molecule has 5 aromatic rings. The number of nitrogens with one attached hydrogen (secondary N) is 1. The van der Waals surface area contributed by atoms with E-state index < -0.39 is 0 Å². The van der Waals surface area contributed by atoms with E-state index in [0.717, 1.165) is 39.6 Å². The van der Waals surface area contributed by atoms with Gasteiger partial charge in [-0.05, 0) is 36.8 Å². The van der Waals surface area contributed by atoms with Gasteiger partial charge in [0.2, 0.25) is 0 Å². The standard InChI is InChI=1S/C23H18N4/c1-16-9-5-6-12-18(16)20-15-24-22(25-20)23-26-19-13-7-8-14-21(19)27(23)17-10-3-2-4-11-17/h2-15H,1H3,(H,24,25). The number of aromatic nitrogens is 4. The summed E-state index contributed by atoms with van der Waals surface area (Å²) >= 11 is 0. The average molecular weight is 350 g/mol. The highest BCUT2D eigenvalue weighted by Crippen LogP contribution is 2.29. The molecule has 0 aliphatic heterocycles. The van der Waals surface area contributed by atoms with Gasteiger partial charge in [-0.1, -0.05) is 54.6 Å². The Hall–Kier alpha value is -3.66. The molecule has 0 saturated carbocycles. The summed E-state index contributed by atoms with van der Waals surface area (Å²) in [6, 6.07) is 26.7. The minimum atomic E-state index is 0.758. The lowest BCUT2D eigenvalue weighted by atomic mass is 10.1. The fourth-order valence-electron chi connectivity index (χ4n) is 3.47. The second-order valence-electron chi connectivity index (χ2n) is 6.56. The Labute approximate surface area is 157 Å². The molecule has 4 heteroatoms. The third kappa shape index (κ3) is 2.62. The first-order valence-electron chi connectivity index (χ1n) is 8.95. The molecule has 0 bridgehead atoms. The largest absolute Gasteiger partial charge is 0.335 e. The molecule has 0 aliphatic carbocycles. The predicted molar refractivity (Wildman–Crippen MR) is 109 cm³/mol. The van der Waals surface area contributed by atoms with Crippen LogP contribution in [-0.2, 0) is 0 Å². The number of rotatable bonds is 3. The second-order valence-corrected chi connectivity index (χ2v) is 6.56. The van der Waals surface area contributed by atoms with Gasteiger partial charge in [0.1, 0.15) is 0 Å². The number of nitrogens with zero attached hydrogens (tertiary/aromatic N) is 3. The number of imidazole rings is 2. The van der Waals surface area contributed by atoms with Crippen LogP contribution in [0.5, 0.6) is 0 Å². The van der Waals surface area contributed by atoms with E-state index in [1.165, 1.54) is 5.56 Å². The van der Waals surface area contributed by atoms with Crippen molar-refractivity contribution in [3.05, 3.63) is 90.6 Å². The first-order chi connectivity index (χ1) is 13.3. The number of para-hydroxylation sites is 3. The van der Waals surface area contributed by atoms with Crippen LogP contribution in [0.3, 0.4) is 0 Å². The van der Waals surface area contributed by atoms with E-state index >= 15 is 0 Å². The summed E-state index contributed by atoms with van der Waals surface area (Å²) in [7, 11) is 0. The van der Waals surface area contributed by atoms with Gasteiger partial charge in [-0.25, -0.2) is 9.97 Å². The fraction of sp³-hybridized carbons (Fsp3) is 0.0435. The molecule has 0 spiro atoms. The first-order valence-corrected chi connectivity index (χ1v) is 8.95. The number of H-pyrrole nitrogens is 1. The SMILES string of the molecule is Cc1ccccc1-c1cnc(-c2nc3ccccc3n2-c2ccccc2)[nH]1. The molecule has 1 N–H and O–H groups in total. The van der Waals surface area contributed by atoms with Gasteiger partial charge in [0, 0.05) is 11.3 Å². The maximum Gasteiger partial charge on any atom is 0.181 e. The van der Waals surface area contributed by atoms with E-state index in [-0.39, 0.29) is 0 Å². The van der Waals surface area contributed by atoms with E-state index in [4.69, 9.17) is 4.98 Å². The fourth-order valence-corrected chi connectivity index (χ4v) is 3.47. The van der Waals surface area contributed by atoms with Crippen LogP contribution < -0.4 is 0 Å². The van der Waals surface area contributed by atoms with Crippen molar-refractivity contribution in [2.45, 2.75) is 6.92 Å². The molecule has 5 rings (SSSR count). The molecule has 2 aromatic heterocycles. The maximum atomic E-state index is 4.86. The van der Waals surface area contributed by atoms with Crippen molar-refractivity contribution in [1.82, 2.24) is 19.5 Å². The van der Waals surface area contributed by atoms with Crippen molar-refractivity contribution in [2.24, 2.45) is 0 Å². The van der Waals surface area contributed by atoms with Gasteiger partial charge in [0.05, 0.1) is 22.9 Å². The van der Waals surface area contributed by atoms with Crippen LogP contribution in [-0.4, -0.2) is 19.5 Å². The third-order valence-electron chi connectivity index (χ3n) is 4.80. The monoisotopic (exact) mass is 350 g/mol. The summed E-state index contributed by atoms with van der Waals surface area (Å²) in [4.78, 5) is 13.0. The topological polar surface area (TPSA) is 46.5 Å². The van der Waals surface area contributed by atoms with E-state index in [9.17, 15) is 0 Å². The molecule has 0 atom stereocenters. The molecule has 0 aliphatic rings. The highest BCUT2D eigenvalue weighted by Gasteiger charge is 2.17. The maximum absolute atomic E-state index is 4.86. The lowest BCUT2D eigenvalue weighted by Crippen LogP contribution is -1.98. The van der Waals surface area contributed by atoms with Crippen LogP contribution in [0.2, 0.25) is 0 Å². The molecule has 0 saturated heterocycles. The summed E-state index contributed by atoms with van der Waals surface area (Å²) in [5.41, 5.74) is 6.44. The Morgan fingerprint density at radius 1 is 0.815 bits per heavy atom. The average Bonchev–Trinajstić information content (AvgIpc) is 3.34. The molecule has 130 valence electrons. The van der Waals surface area contributed by atoms with Crippen molar-refractivity contribution in [2.75, 3.05) is 0 Å². The van der Waals surface area contributed by atoms with Crippen LogP contribution in [0.25, 0.3) is 39.6 Å². The number of benzene rings is 3. The number of hydrogen-bond donors (Lipinski definition) is 1. The lowest BCUT2D eigenvalue weighted by molar-refractivity contribution is 1.07. The first kappa shape index (κ1) is 15.6. The van der Waals surface area contributed by atoms with Crippen molar-refractivity contribution >= 4 is 11.0 Å². The predicted octanol–water partition coefficient (Wildman–Crippen LogP) is 5.39. The van der Waals surface area contributed by atoms with Gasteiger partial charge in [-0.3, -0.25) is 4.57 Å². The Morgan fingerprint density at radius 2 is 1.56 bits per heavy atom. The molecular weight excluding hydrogens is 332 g/mol. The van der Waals surface area contributed by atoms with Crippen LogP contribution >= 0.6 is 0 Å². The molecular formula is C23H18N4. The summed E-state index contributed by atoms with van der Waals surface area (Å²) in [6.45, 7) is 2.11. The zero-order valence-electron chi connectivity index (χ0n) is 14.9. The van der Waals surface area contributed by atoms with Gasteiger partial charge in [0.25, 0.3) is 0 Å². The van der Waals surface area contributed by atoms with E-state index in [0.29, 0.717) is 0 Å². The minimum Gasteiger partial charge on any atom is -0.335 e. The summed E-state index contributed by atoms with van der Waals surface area (Å²) in [6.07, 6.45) is 1.88. The van der Waals surface area contributed by atoms with E-state index in [1.807, 2.05) is 54.7 Å². The molecule has 0 fully saturated rings. The van der Waals surface area contributed by atoms with Gasteiger partial charge in [-0.15, -0.1) is 0 Å². The Morgan fingerprint density at radius 3 is 2.41 bits per heavy atom. The molecule has 27 heavy (non-hydrogen) atoms. The van der Waals surface area contributed by atoms with Crippen LogP contribution in [0.1, 0.15) is 5.56 Å². The van der Waals surface area contributed by atoms with Gasteiger partial charge in [0.15, 0.2) is 11.6 Å². The smallest absolute Gasteiger partial charge is 0.181 e. The van der Waals surface area contributed by atoms with Crippen molar-refractivity contribution in [3.8, 4) is 28.6 Å². The summed E-state index contributed by atoms with van der Waals surface area (Å²) in [5.74, 6) is 1.57. The Balaban J connectivity index is 1.72. The molecule has 0 amide bonds. The molecule has 2 heterocycles. The number of aromatic amines is 1.